The van der Waals surface area contributed by atoms with Gasteiger partial charge in [0.15, 0.2) is 0 Å². The van der Waals surface area contributed by atoms with Crippen LogP contribution in [-0.4, -0.2) is 10.9 Å². The highest BCUT2D eigenvalue weighted by atomic mass is 16.5. The summed E-state index contributed by atoms with van der Waals surface area (Å²) in [6.45, 7) is 6.02. The lowest BCUT2D eigenvalue weighted by molar-refractivity contribution is 0.102. The summed E-state index contributed by atoms with van der Waals surface area (Å²) in [6.07, 6.45) is 1.96. The topological polar surface area (TPSA) is 51.2 Å². The van der Waals surface area contributed by atoms with Gasteiger partial charge in [-0.15, -0.1) is 0 Å². The molecule has 2 aromatic carbocycles. The molecule has 0 bridgehead atoms. The fraction of sp³-hybridized carbons (Fsp3) is 0.217. The second kappa shape index (κ2) is 8.49. The third-order valence-electron chi connectivity index (χ3n) is 4.26. The van der Waals surface area contributed by atoms with Gasteiger partial charge in [-0.2, -0.15) is 0 Å². The van der Waals surface area contributed by atoms with Crippen LogP contribution in [0.1, 0.15) is 40.7 Å². The van der Waals surface area contributed by atoms with Crippen LogP contribution in [0.5, 0.6) is 11.5 Å². The second-order valence-electron chi connectivity index (χ2n) is 6.58. The predicted octanol–water partition coefficient (Wildman–Crippen LogP) is 5.70. The van der Waals surface area contributed by atoms with Gasteiger partial charge in [-0.3, -0.25) is 9.78 Å². The molecule has 0 aliphatic carbocycles. The zero-order chi connectivity index (χ0) is 19.2. The first-order valence-corrected chi connectivity index (χ1v) is 9.17. The van der Waals surface area contributed by atoms with Gasteiger partial charge in [0.05, 0.1) is 11.3 Å². The molecule has 0 aliphatic rings. The summed E-state index contributed by atoms with van der Waals surface area (Å²) < 4.78 is 5.81. The minimum Gasteiger partial charge on any atom is -0.457 e. The summed E-state index contributed by atoms with van der Waals surface area (Å²) in [5, 5.41) is 2.91. The first-order valence-electron chi connectivity index (χ1n) is 9.17. The van der Waals surface area contributed by atoms with Gasteiger partial charge in [0.25, 0.3) is 5.91 Å². The van der Waals surface area contributed by atoms with Crippen molar-refractivity contribution < 1.29 is 9.53 Å². The molecule has 0 unspecified atom stereocenters. The molecule has 0 aliphatic heterocycles. The Bertz CT molecular complexity index is 916. The average Bonchev–Trinajstić information content (AvgIpc) is 2.65. The van der Waals surface area contributed by atoms with E-state index in [1.165, 1.54) is 5.56 Å². The Hall–Kier alpha value is -3.14. The van der Waals surface area contributed by atoms with Gasteiger partial charge in [0.1, 0.15) is 11.5 Å². The number of nitrogens with one attached hydrogen (secondary N) is 1. The largest absolute Gasteiger partial charge is 0.457 e. The molecular formula is C23H24N2O2. The van der Waals surface area contributed by atoms with Crippen LogP contribution in [-0.2, 0) is 6.42 Å². The second-order valence-corrected chi connectivity index (χ2v) is 6.58. The molecule has 1 heterocycles. The van der Waals surface area contributed by atoms with Gasteiger partial charge in [-0.1, -0.05) is 31.0 Å². The van der Waals surface area contributed by atoms with E-state index >= 15 is 0 Å². The number of hydrogen-bond donors (Lipinski definition) is 1. The monoisotopic (exact) mass is 360 g/mol. The van der Waals surface area contributed by atoms with Gasteiger partial charge in [-0.05, 0) is 68.8 Å². The van der Waals surface area contributed by atoms with E-state index in [1.54, 1.807) is 0 Å². The molecule has 27 heavy (non-hydrogen) atoms. The number of carbonyl (C=O) groups is 1. The van der Waals surface area contributed by atoms with Crippen LogP contribution in [0, 0.1) is 13.8 Å². The lowest BCUT2D eigenvalue weighted by Crippen LogP contribution is -2.14. The maximum absolute atomic E-state index is 12.5. The molecule has 0 atom stereocenters. The predicted molar refractivity (Wildman–Crippen MR) is 109 cm³/mol. The maximum atomic E-state index is 12.5. The van der Waals surface area contributed by atoms with Crippen LogP contribution in [0.3, 0.4) is 0 Å². The van der Waals surface area contributed by atoms with E-state index in [9.17, 15) is 4.79 Å². The number of rotatable bonds is 6. The van der Waals surface area contributed by atoms with E-state index in [-0.39, 0.29) is 5.91 Å². The SMILES string of the molecule is CCCc1ccc(C(=O)Nc2ccc(Oc3ccc(C)cc3)cc2)c(C)n1. The minimum atomic E-state index is -0.157. The molecule has 138 valence electrons. The Balaban J connectivity index is 1.65. The zero-order valence-corrected chi connectivity index (χ0v) is 16.0. The van der Waals surface area contributed by atoms with Crippen molar-refractivity contribution in [3.8, 4) is 11.5 Å². The molecule has 0 saturated carbocycles. The zero-order valence-electron chi connectivity index (χ0n) is 16.0. The number of aryl methyl sites for hydroxylation is 3. The van der Waals surface area contributed by atoms with Gasteiger partial charge in [-0.25, -0.2) is 0 Å². The number of pyridine rings is 1. The Kier molecular flexibility index (Phi) is 5.87. The number of nitrogens with zero attached hydrogens (tertiary/aromatic N) is 1. The van der Waals surface area contributed by atoms with Crippen LogP contribution in [0.4, 0.5) is 5.69 Å². The van der Waals surface area contributed by atoms with Crippen LogP contribution in [0.2, 0.25) is 0 Å². The molecule has 3 aromatic rings. The molecule has 1 N–H and O–H groups in total. The standard InChI is InChI=1S/C23H24N2O2/c1-4-5-18-10-15-22(17(3)24-18)23(26)25-19-8-13-21(14-9-19)27-20-11-6-16(2)7-12-20/h6-15H,4-5H2,1-3H3,(H,25,26). The summed E-state index contributed by atoms with van der Waals surface area (Å²) in [5.41, 5.74) is 4.26. The molecule has 4 nitrogen and oxygen atoms in total. The normalized spacial score (nSPS) is 10.5. The highest BCUT2D eigenvalue weighted by Crippen LogP contribution is 2.23. The van der Waals surface area contributed by atoms with Crippen molar-refractivity contribution in [2.24, 2.45) is 0 Å². The lowest BCUT2D eigenvalue weighted by Gasteiger charge is -2.10. The van der Waals surface area contributed by atoms with E-state index in [1.807, 2.05) is 74.5 Å². The molecule has 1 amide bonds. The van der Waals surface area contributed by atoms with E-state index in [4.69, 9.17) is 4.74 Å². The summed E-state index contributed by atoms with van der Waals surface area (Å²) >= 11 is 0. The highest BCUT2D eigenvalue weighted by Gasteiger charge is 2.11. The molecule has 1 aromatic heterocycles. The number of hydrogen-bond acceptors (Lipinski definition) is 3. The summed E-state index contributed by atoms with van der Waals surface area (Å²) in [5.74, 6) is 1.35. The average molecular weight is 360 g/mol. The Morgan fingerprint density at radius 1 is 0.926 bits per heavy atom. The number of carbonyl (C=O) groups excluding carboxylic acids is 1. The van der Waals surface area contributed by atoms with Gasteiger partial charge < -0.3 is 10.1 Å². The summed E-state index contributed by atoms with van der Waals surface area (Å²) in [6, 6.07) is 19.0. The van der Waals surface area contributed by atoms with Crippen molar-refractivity contribution >= 4 is 11.6 Å². The van der Waals surface area contributed by atoms with Crippen molar-refractivity contribution in [1.29, 1.82) is 0 Å². The van der Waals surface area contributed by atoms with E-state index in [0.717, 1.165) is 35.7 Å². The van der Waals surface area contributed by atoms with Gasteiger partial charge in [0.2, 0.25) is 0 Å². The van der Waals surface area contributed by atoms with Crippen LogP contribution >= 0.6 is 0 Å². The Morgan fingerprint density at radius 3 is 2.15 bits per heavy atom. The summed E-state index contributed by atoms with van der Waals surface area (Å²) in [7, 11) is 0. The van der Waals surface area contributed by atoms with Gasteiger partial charge in [0, 0.05) is 11.4 Å². The van der Waals surface area contributed by atoms with E-state index in [2.05, 4.69) is 17.2 Å². The number of benzene rings is 2. The first kappa shape index (κ1) is 18.6. The molecular weight excluding hydrogens is 336 g/mol. The Morgan fingerprint density at radius 2 is 1.56 bits per heavy atom. The molecule has 4 heteroatoms. The molecule has 0 spiro atoms. The lowest BCUT2D eigenvalue weighted by atomic mass is 10.1. The van der Waals surface area contributed by atoms with E-state index < -0.39 is 0 Å². The van der Waals surface area contributed by atoms with Crippen molar-refractivity contribution in [1.82, 2.24) is 4.98 Å². The molecule has 3 rings (SSSR count). The van der Waals surface area contributed by atoms with E-state index in [0.29, 0.717) is 11.3 Å². The van der Waals surface area contributed by atoms with Crippen molar-refractivity contribution in [3.05, 3.63) is 83.2 Å². The van der Waals surface area contributed by atoms with Crippen LogP contribution in [0.15, 0.2) is 60.7 Å². The minimum absolute atomic E-state index is 0.157. The van der Waals surface area contributed by atoms with Crippen LogP contribution < -0.4 is 10.1 Å². The fourth-order valence-corrected chi connectivity index (χ4v) is 2.80. The number of anilines is 1. The number of amides is 1. The number of aromatic nitrogens is 1. The molecule has 0 saturated heterocycles. The quantitative estimate of drug-likeness (QED) is 0.614. The van der Waals surface area contributed by atoms with Gasteiger partial charge >= 0.3 is 0 Å². The van der Waals surface area contributed by atoms with Crippen LogP contribution in [0.25, 0.3) is 0 Å². The van der Waals surface area contributed by atoms with Crippen molar-refractivity contribution in [2.45, 2.75) is 33.6 Å². The fourth-order valence-electron chi connectivity index (χ4n) is 2.80. The van der Waals surface area contributed by atoms with Crippen molar-refractivity contribution in [2.75, 3.05) is 5.32 Å². The highest BCUT2D eigenvalue weighted by molar-refractivity contribution is 6.05. The third kappa shape index (κ3) is 4.94. The third-order valence-corrected chi connectivity index (χ3v) is 4.26. The number of ether oxygens (including phenoxy) is 1. The first-order chi connectivity index (χ1) is 13.0. The molecule has 0 radical (unpaired) electrons. The summed E-state index contributed by atoms with van der Waals surface area (Å²) in [4.78, 5) is 17.0. The maximum Gasteiger partial charge on any atom is 0.257 e. The smallest absolute Gasteiger partial charge is 0.257 e. The molecule has 0 fully saturated rings. The van der Waals surface area contributed by atoms with Crippen molar-refractivity contribution in [3.63, 3.8) is 0 Å². The Labute approximate surface area is 160 Å².